The lowest BCUT2D eigenvalue weighted by atomic mass is 10.1. The minimum Gasteiger partial charge on any atom is -0.467 e. The molecule has 0 aliphatic carbocycles. The molecule has 36 heavy (non-hydrogen) atoms. The summed E-state index contributed by atoms with van der Waals surface area (Å²) in [6, 6.07) is 17.0. The summed E-state index contributed by atoms with van der Waals surface area (Å²) >= 11 is 0. The molecule has 2 heterocycles. The summed E-state index contributed by atoms with van der Waals surface area (Å²) in [5.74, 6) is -0.238. The van der Waals surface area contributed by atoms with E-state index in [0.29, 0.717) is 18.9 Å². The van der Waals surface area contributed by atoms with Gasteiger partial charge in [0.1, 0.15) is 12.3 Å². The van der Waals surface area contributed by atoms with Gasteiger partial charge in [-0.15, -0.1) is 0 Å². The fraction of sp³-hybridized carbons (Fsp3) is 0.333. The third-order valence-electron chi connectivity index (χ3n) is 6.02. The van der Waals surface area contributed by atoms with Crippen molar-refractivity contribution in [3.8, 4) is 0 Å². The number of hydrogen-bond acceptors (Lipinski definition) is 4. The summed E-state index contributed by atoms with van der Waals surface area (Å²) in [5.41, 5.74) is 0.153. The van der Waals surface area contributed by atoms with Gasteiger partial charge in [0.15, 0.2) is 0 Å². The summed E-state index contributed by atoms with van der Waals surface area (Å²) in [6.45, 7) is 1.02. The third kappa shape index (κ3) is 6.75. The predicted molar refractivity (Wildman–Crippen MR) is 126 cm³/mol. The molecular weight excluding hydrogens is 473 g/mol. The van der Waals surface area contributed by atoms with E-state index in [-0.39, 0.29) is 37.2 Å². The number of furan rings is 1. The molecule has 1 atom stereocenters. The van der Waals surface area contributed by atoms with Gasteiger partial charge in [-0.1, -0.05) is 30.3 Å². The molecule has 0 radical (unpaired) electrons. The Balaban J connectivity index is 1.54. The molecule has 1 unspecified atom stereocenters. The molecule has 0 saturated carbocycles. The molecule has 6 nitrogen and oxygen atoms in total. The van der Waals surface area contributed by atoms with Crippen molar-refractivity contribution in [1.29, 1.82) is 0 Å². The van der Waals surface area contributed by atoms with E-state index in [1.165, 1.54) is 11.2 Å². The zero-order valence-corrected chi connectivity index (χ0v) is 19.6. The molecule has 2 amide bonds. The summed E-state index contributed by atoms with van der Waals surface area (Å²) in [6.07, 6.45) is -1.62. The Labute approximate surface area is 207 Å². The minimum absolute atomic E-state index is 0.0782. The second-order valence-electron chi connectivity index (χ2n) is 8.71. The van der Waals surface area contributed by atoms with Crippen LogP contribution in [-0.2, 0) is 28.8 Å². The van der Waals surface area contributed by atoms with Gasteiger partial charge in [0.2, 0.25) is 5.91 Å². The van der Waals surface area contributed by atoms with Crippen LogP contribution in [0.4, 0.5) is 13.2 Å². The van der Waals surface area contributed by atoms with Gasteiger partial charge in [-0.2, -0.15) is 13.2 Å². The van der Waals surface area contributed by atoms with Crippen LogP contribution in [-0.4, -0.2) is 47.4 Å². The molecule has 9 heteroatoms. The highest BCUT2D eigenvalue weighted by Crippen LogP contribution is 2.29. The highest BCUT2D eigenvalue weighted by Gasteiger charge is 2.31. The number of carbonyl (C=O) groups excluding carboxylic acids is 2. The molecular formula is C27H27F3N2O4. The maximum Gasteiger partial charge on any atom is 0.416 e. The van der Waals surface area contributed by atoms with Crippen LogP contribution in [0.25, 0.3) is 0 Å². The van der Waals surface area contributed by atoms with E-state index >= 15 is 0 Å². The van der Waals surface area contributed by atoms with Crippen molar-refractivity contribution in [3.63, 3.8) is 0 Å². The van der Waals surface area contributed by atoms with Crippen molar-refractivity contribution in [2.75, 3.05) is 19.7 Å². The number of hydrogen-bond donors (Lipinski definition) is 0. The number of nitrogens with zero attached hydrogens (tertiary/aromatic N) is 2. The molecule has 1 aliphatic rings. The highest BCUT2D eigenvalue weighted by atomic mass is 19.4. The number of ether oxygens (including phenoxy) is 1. The summed E-state index contributed by atoms with van der Waals surface area (Å²) in [5, 5.41) is 0. The minimum atomic E-state index is -4.50. The Morgan fingerprint density at radius 1 is 0.917 bits per heavy atom. The SMILES string of the molecule is O=C(CN(CC1CCCO1)C(=O)c1ccc(C(F)(F)F)cc1)N(Cc1ccccc1)Cc1ccco1. The van der Waals surface area contributed by atoms with Crippen molar-refractivity contribution in [3.05, 3.63) is 95.4 Å². The lowest BCUT2D eigenvalue weighted by molar-refractivity contribution is -0.137. The zero-order chi connectivity index (χ0) is 25.5. The van der Waals surface area contributed by atoms with E-state index in [4.69, 9.17) is 9.15 Å². The first-order chi connectivity index (χ1) is 17.3. The monoisotopic (exact) mass is 500 g/mol. The molecule has 0 spiro atoms. The maximum atomic E-state index is 13.5. The smallest absolute Gasteiger partial charge is 0.416 e. The van der Waals surface area contributed by atoms with Crippen LogP contribution >= 0.6 is 0 Å². The van der Waals surface area contributed by atoms with Crippen LogP contribution in [0.1, 0.15) is 40.1 Å². The van der Waals surface area contributed by atoms with Gasteiger partial charge < -0.3 is 19.0 Å². The number of benzene rings is 2. The van der Waals surface area contributed by atoms with Gasteiger partial charge in [0.05, 0.1) is 24.5 Å². The van der Waals surface area contributed by atoms with Crippen LogP contribution < -0.4 is 0 Å². The molecule has 1 fully saturated rings. The van der Waals surface area contributed by atoms with Crippen molar-refractivity contribution in [2.45, 2.75) is 38.2 Å². The van der Waals surface area contributed by atoms with Crippen LogP contribution in [0.15, 0.2) is 77.4 Å². The molecule has 2 aromatic carbocycles. The Kier molecular flexibility index (Phi) is 8.10. The van der Waals surface area contributed by atoms with Gasteiger partial charge in [0.25, 0.3) is 5.91 Å². The number of carbonyl (C=O) groups is 2. The first-order valence-corrected chi connectivity index (χ1v) is 11.7. The van der Waals surface area contributed by atoms with E-state index in [2.05, 4.69) is 0 Å². The molecule has 0 N–H and O–H groups in total. The Morgan fingerprint density at radius 2 is 1.67 bits per heavy atom. The highest BCUT2D eigenvalue weighted by molar-refractivity contribution is 5.96. The fourth-order valence-electron chi connectivity index (χ4n) is 4.13. The zero-order valence-electron chi connectivity index (χ0n) is 19.6. The largest absolute Gasteiger partial charge is 0.467 e. The second kappa shape index (κ2) is 11.4. The molecule has 1 aromatic heterocycles. The van der Waals surface area contributed by atoms with E-state index in [9.17, 15) is 22.8 Å². The number of rotatable bonds is 9. The van der Waals surface area contributed by atoms with Crippen LogP contribution in [0.3, 0.4) is 0 Å². The van der Waals surface area contributed by atoms with Crippen molar-refractivity contribution < 1.29 is 31.9 Å². The van der Waals surface area contributed by atoms with Crippen molar-refractivity contribution >= 4 is 11.8 Å². The first-order valence-electron chi connectivity index (χ1n) is 11.7. The molecule has 4 rings (SSSR count). The van der Waals surface area contributed by atoms with E-state index in [1.807, 2.05) is 30.3 Å². The summed E-state index contributed by atoms with van der Waals surface area (Å²) in [7, 11) is 0. The maximum absolute atomic E-state index is 13.5. The molecule has 1 aliphatic heterocycles. The summed E-state index contributed by atoms with van der Waals surface area (Å²) in [4.78, 5) is 29.8. The van der Waals surface area contributed by atoms with Crippen molar-refractivity contribution in [1.82, 2.24) is 9.80 Å². The third-order valence-corrected chi connectivity index (χ3v) is 6.02. The van der Waals surface area contributed by atoms with Gasteiger partial charge >= 0.3 is 6.18 Å². The normalized spacial score (nSPS) is 15.6. The topological polar surface area (TPSA) is 63.0 Å². The fourth-order valence-corrected chi connectivity index (χ4v) is 4.13. The molecule has 3 aromatic rings. The number of alkyl halides is 3. The molecule has 0 bridgehead atoms. The van der Waals surface area contributed by atoms with E-state index < -0.39 is 17.6 Å². The Hall–Kier alpha value is -3.59. The van der Waals surface area contributed by atoms with Gasteiger partial charge in [-0.25, -0.2) is 0 Å². The first kappa shape index (κ1) is 25.5. The second-order valence-corrected chi connectivity index (χ2v) is 8.71. The Bertz CT molecular complexity index is 1130. The molecule has 1 saturated heterocycles. The number of halogens is 3. The quantitative estimate of drug-likeness (QED) is 0.408. The van der Waals surface area contributed by atoms with E-state index in [1.54, 1.807) is 17.0 Å². The lowest BCUT2D eigenvalue weighted by Gasteiger charge is -2.29. The number of amides is 2. The van der Waals surface area contributed by atoms with Gasteiger partial charge in [-0.05, 0) is 54.8 Å². The predicted octanol–water partition coefficient (Wildman–Crippen LogP) is 5.15. The standard InChI is InChI=1S/C27H27F3N2O4/c28-27(29,30)22-12-10-21(11-13-22)26(34)32(18-24-9-5-15-36-24)19-25(33)31(17-23-8-4-14-35-23)16-20-6-2-1-3-7-20/h1-4,6-8,10-14,24H,5,9,15-19H2. The average molecular weight is 501 g/mol. The average Bonchev–Trinajstić information content (AvgIpc) is 3.57. The van der Waals surface area contributed by atoms with Crippen LogP contribution in [0.5, 0.6) is 0 Å². The lowest BCUT2D eigenvalue weighted by Crippen LogP contribution is -2.45. The van der Waals surface area contributed by atoms with Gasteiger partial charge in [0, 0.05) is 25.3 Å². The van der Waals surface area contributed by atoms with Gasteiger partial charge in [-0.3, -0.25) is 9.59 Å². The van der Waals surface area contributed by atoms with Crippen molar-refractivity contribution in [2.24, 2.45) is 0 Å². The Morgan fingerprint density at radius 3 is 2.28 bits per heavy atom. The van der Waals surface area contributed by atoms with Crippen LogP contribution in [0.2, 0.25) is 0 Å². The van der Waals surface area contributed by atoms with Crippen LogP contribution in [0, 0.1) is 0 Å². The summed E-state index contributed by atoms with van der Waals surface area (Å²) < 4.78 is 50.0. The van der Waals surface area contributed by atoms with E-state index in [0.717, 1.165) is 42.7 Å². The molecule has 190 valence electrons.